The number of urea groups is 1. The van der Waals surface area contributed by atoms with Gasteiger partial charge in [0.1, 0.15) is 5.54 Å². The number of hydrogen-bond donors (Lipinski definition) is 2. The number of nitrogens with zero attached hydrogens (tertiary/aromatic N) is 1. The molecule has 0 saturated carbocycles. The lowest BCUT2D eigenvalue weighted by atomic mass is 10.0. The van der Waals surface area contributed by atoms with Gasteiger partial charge in [0, 0.05) is 11.4 Å². The van der Waals surface area contributed by atoms with E-state index in [-0.39, 0.29) is 6.03 Å². The van der Waals surface area contributed by atoms with Crippen LogP contribution in [0.5, 0.6) is 0 Å². The summed E-state index contributed by atoms with van der Waals surface area (Å²) in [6.45, 7) is 5.56. The van der Waals surface area contributed by atoms with Gasteiger partial charge in [-0.2, -0.15) is 0 Å². The van der Waals surface area contributed by atoms with E-state index in [0.29, 0.717) is 13.1 Å². The van der Waals surface area contributed by atoms with E-state index >= 15 is 0 Å². The second-order valence-corrected chi connectivity index (χ2v) is 5.38. The molecule has 0 aliphatic carbocycles. The molecule has 2 amide bonds. The molecule has 18 heavy (non-hydrogen) atoms. The van der Waals surface area contributed by atoms with E-state index in [1.807, 2.05) is 17.5 Å². The molecule has 1 rings (SSSR count). The van der Waals surface area contributed by atoms with Gasteiger partial charge in [0.2, 0.25) is 0 Å². The number of carboxylic acid groups (broad SMARTS) is 1. The Labute approximate surface area is 110 Å². The minimum absolute atomic E-state index is 0.343. The van der Waals surface area contributed by atoms with Gasteiger partial charge in [-0.15, -0.1) is 11.3 Å². The third kappa shape index (κ3) is 3.22. The largest absolute Gasteiger partial charge is 0.480 e. The Kier molecular flexibility index (Phi) is 4.72. The number of nitrogens with one attached hydrogen (secondary N) is 1. The smallest absolute Gasteiger partial charge is 0.329 e. The lowest BCUT2D eigenvalue weighted by Gasteiger charge is -2.34. The van der Waals surface area contributed by atoms with Crippen LogP contribution in [0.25, 0.3) is 0 Å². The van der Waals surface area contributed by atoms with Crippen LogP contribution in [-0.4, -0.2) is 34.1 Å². The zero-order valence-electron chi connectivity index (χ0n) is 10.8. The zero-order valence-corrected chi connectivity index (χ0v) is 11.6. The summed E-state index contributed by atoms with van der Waals surface area (Å²) in [6.07, 6.45) is 0. The van der Waals surface area contributed by atoms with Gasteiger partial charge in [-0.05, 0) is 32.2 Å². The van der Waals surface area contributed by atoms with Gasteiger partial charge in [-0.25, -0.2) is 9.59 Å². The van der Waals surface area contributed by atoms with E-state index < -0.39 is 11.5 Å². The van der Waals surface area contributed by atoms with Gasteiger partial charge in [0.05, 0.1) is 6.54 Å². The van der Waals surface area contributed by atoms with Crippen LogP contribution in [0, 0.1) is 0 Å². The molecule has 0 fully saturated rings. The van der Waals surface area contributed by atoms with Gasteiger partial charge in [-0.1, -0.05) is 6.07 Å². The Morgan fingerprint density at radius 3 is 2.61 bits per heavy atom. The summed E-state index contributed by atoms with van der Waals surface area (Å²) in [5, 5.41) is 13.8. The minimum Gasteiger partial charge on any atom is -0.480 e. The van der Waals surface area contributed by atoms with E-state index in [4.69, 9.17) is 5.11 Å². The Balaban J connectivity index is 2.65. The molecule has 1 heterocycles. The van der Waals surface area contributed by atoms with Crippen LogP contribution in [0.3, 0.4) is 0 Å². The van der Waals surface area contributed by atoms with Crippen molar-refractivity contribution in [2.24, 2.45) is 0 Å². The predicted octanol–water partition coefficient (Wildman–Crippen LogP) is 2.14. The van der Waals surface area contributed by atoms with Crippen LogP contribution in [-0.2, 0) is 11.3 Å². The summed E-state index contributed by atoms with van der Waals surface area (Å²) in [4.78, 5) is 25.5. The van der Waals surface area contributed by atoms with Crippen LogP contribution in [0.1, 0.15) is 25.6 Å². The van der Waals surface area contributed by atoms with Gasteiger partial charge in [0.25, 0.3) is 0 Å². The van der Waals surface area contributed by atoms with E-state index in [1.165, 1.54) is 18.7 Å². The molecule has 0 saturated heterocycles. The summed E-state index contributed by atoms with van der Waals surface area (Å²) in [5.74, 6) is -1.02. The molecule has 1 aromatic rings. The fourth-order valence-electron chi connectivity index (χ4n) is 1.58. The minimum atomic E-state index is -1.21. The van der Waals surface area contributed by atoms with Crippen LogP contribution in [0.2, 0.25) is 0 Å². The van der Waals surface area contributed by atoms with Crippen molar-refractivity contribution in [2.45, 2.75) is 32.9 Å². The molecule has 0 aromatic carbocycles. The summed E-state index contributed by atoms with van der Waals surface area (Å²) in [6, 6.07) is 3.47. The van der Waals surface area contributed by atoms with E-state index in [0.717, 1.165) is 4.88 Å². The average molecular weight is 270 g/mol. The maximum absolute atomic E-state index is 12.0. The molecule has 6 heteroatoms. The lowest BCUT2D eigenvalue weighted by molar-refractivity contribution is -0.147. The third-order valence-corrected chi connectivity index (χ3v) is 3.63. The third-order valence-electron chi connectivity index (χ3n) is 2.75. The highest BCUT2D eigenvalue weighted by Crippen LogP contribution is 2.15. The number of carboxylic acids is 1. The first-order valence-electron chi connectivity index (χ1n) is 5.70. The van der Waals surface area contributed by atoms with Gasteiger partial charge in [-0.3, -0.25) is 0 Å². The van der Waals surface area contributed by atoms with Crippen LogP contribution >= 0.6 is 11.3 Å². The molecule has 0 aliphatic heterocycles. The molecule has 0 aliphatic rings. The van der Waals surface area contributed by atoms with Crippen LogP contribution < -0.4 is 5.32 Å². The molecule has 0 atom stereocenters. The molecule has 1 aromatic heterocycles. The van der Waals surface area contributed by atoms with Crippen molar-refractivity contribution in [3.8, 4) is 0 Å². The highest BCUT2D eigenvalue weighted by atomic mass is 32.1. The summed E-state index contributed by atoms with van der Waals surface area (Å²) >= 11 is 1.55. The first-order chi connectivity index (χ1) is 8.39. The first-order valence-corrected chi connectivity index (χ1v) is 6.58. The maximum atomic E-state index is 12.0. The van der Waals surface area contributed by atoms with Crippen molar-refractivity contribution in [2.75, 3.05) is 6.54 Å². The van der Waals surface area contributed by atoms with Gasteiger partial charge in [0.15, 0.2) is 0 Å². The highest BCUT2D eigenvalue weighted by molar-refractivity contribution is 7.09. The fraction of sp³-hybridized carbons (Fsp3) is 0.500. The van der Waals surface area contributed by atoms with Crippen molar-refractivity contribution in [1.29, 1.82) is 0 Å². The quantitative estimate of drug-likeness (QED) is 0.861. The highest BCUT2D eigenvalue weighted by Gasteiger charge is 2.36. The fourth-order valence-corrected chi connectivity index (χ4v) is 2.22. The number of amides is 2. The molecular formula is C12H18N2O3S. The second kappa shape index (κ2) is 5.86. The predicted molar refractivity (Wildman–Crippen MR) is 70.6 cm³/mol. The summed E-state index contributed by atoms with van der Waals surface area (Å²) < 4.78 is 0. The Morgan fingerprint density at radius 1 is 1.50 bits per heavy atom. The number of carbonyl (C=O) groups is 2. The number of rotatable bonds is 5. The Bertz CT molecular complexity index is 415. The van der Waals surface area contributed by atoms with E-state index in [1.54, 1.807) is 18.3 Å². The zero-order chi connectivity index (χ0) is 13.8. The molecule has 0 spiro atoms. The van der Waals surface area contributed by atoms with Crippen molar-refractivity contribution < 1.29 is 14.7 Å². The SMILES string of the molecule is CCN(C(=O)NCc1cccs1)C(C)(C)C(=O)O. The topological polar surface area (TPSA) is 69.6 Å². The molecule has 0 bridgehead atoms. The van der Waals surface area contributed by atoms with E-state index in [9.17, 15) is 9.59 Å². The average Bonchev–Trinajstić information content (AvgIpc) is 2.79. The van der Waals surface area contributed by atoms with Crippen LogP contribution in [0.15, 0.2) is 17.5 Å². The summed E-state index contributed by atoms with van der Waals surface area (Å²) in [7, 11) is 0. The number of carbonyl (C=O) groups excluding carboxylic acids is 1. The maximum Gasteiger partial charge on any atom is 0.329 e. The van der Waals surface area contributed by atoms with Gasteiger partial charge >= 0.3 is 12.0 Å². The number of likely N-dealkylation sites (N-methyl/N-ethyl adjacent to an activating group) is 1. The van der Waals surface area contributed by atoms with Crippen molar-refractivity contribution in [1.82, 2.24) is 10.2 Å². The lowest BCUT2D eigenvalue weighted by Crippen LogP contribution is -2.55. The Morgan fingerprint density at radius 2 is 2.17 bits per heavy atom. The molecule has 100 valence electrons. The molecule has 0 radical (unpaired) electrons. The van der Waals surface area contributed by atoms with Gasteiger partial charge < -0.3 is 15.3 Å². The van der Waals surface area contributed by atoms with Crippen LogP contribution in [0.4, 0.5) is 4.79 Å². The number of thiophene rings is 1. The monoisotopic (exact) mass is 270 g/mol. The summed E-state index contributed by atoms with van der Waals surface area (Å²) in [5.41, 5.74) is -1.21. The first kappa shape index (κ1) is 14.5. The molecular weight excluding hydrogens is 252 g/mol. The molecule has 5 nitrogen and oxygen atoms in total. The normalized spacial score (nSPS) is 11.1. The second-order valence-electron chi connectivity index (χ2n) is 4.35. The van der Waals surface area contributed by atoms with E-state index in [2.05, 4.69) is 5.32 Å². The number of hydrogen-bond acceptors (Lipinski definition) is 3. The Hall–Kier alpha value is -1.56. The molecule has 0 unspecified atom stereocenters. The molecule has 2 N–H and O–H groups in total. The van der Waals surface area contributed by atoms with Crippen molar-refractivity contribution in [3.05, 3.63) is 22.4 Å². The standard InChI is InChI=1S/C12H18N2O3S/c1-4-14(12(2,3)10(15)16)11(17)13-8-9-6-5-7-18-9/h5-7H,4,8H2,1-3H3,(H,13,17)(H,15,16). The van der Waals surface area contributed by atoms with Crippen molar-refractivity contribution in [3.63, 3.8) is 0 Å². The van der Waals surface area contributed by atoms with Crippen molar-refractivity contribution >= 4 is 23.3 Å². The number of aliphatic carboxylic acids is 1.